The first-order chi connectivity index (χ1) is 6.55. The van der Waals surface area contributed by atoms with Crippen molar-refractivity contribution in [3.63, 3.8) is 0 Å². The van der Waals surface area contributed by atoms with Gasteiger partial charge in [-0.3, -0.25) is 0 Å². The van der Waals surface area contributed by atoms with E-state index in [1.165, 1.54) is 11.8 Å². The lowest BCUT2D eigenvalue weighted by molar-refractivity contribution is -0.0504. The van der Waals surface area contributed by atoms with Gasteiger partial charge in [0.1, 0.15) is 5.75 Å². The van der Waals surface area contributed by atoms with Crippen molar-refractivity contribution in [3.05, 3.63) is 24.3 Å². The molecular weight excluding hydrogens is 188 g/mol. The number of para-hydroxylation sites is 2. The van der Waals surface area contributed by atoms with Gasteiger partial charge in [-0.2, -0.15) is 0 Å². The molecule has 1 aromatic rings. The summed E-state index contributed by atoms with van der Waals surface area (Å²) >= 11 is 0. The van der Waals surface area contributed by atoms with Gasteiger partial charge in [0.15, 0.2) is 0 Å². The molecule has 1 atom stereocenters. The number of hydrogen-bond acceptors (Lipinski definition) is 2. The Morgan fingerprint density at radius 2 is 2.00 bits per heavy atom. The van der Waals surface area contributed by atoms with Gasteiger partial charge >= 0.3 is 0 Å². The van der Waals surface area contributed by atoms with Crippen LogP contribution in [0.4, 0.5) is 14.5 Å². The normalized spacial score (nSPS) is 25.1. The first-order valence-electron chi connectivity index (χ1n) is 4.36. The van der Waals surface area contributed by atoms with E-state index in [9.17, 15) is 8.78 Å². The van der Waals surface area contributed by atoms with E-state index >= 15 is 0 Å². The Morgan fingerprint density at radius 3 is 2.57 bits per heavy atom. The average Bonchev–Trinajstić information content (AvgIpc) is 2.42. The van der Waals surface area contributed by atoms with Crippen LogP contribution in [0.5, 0.6) is 5.75 Å². The molecule has 0 amide bonds. The minimum atomic E-state index is -2.54. The molecule has 4 heteroatoms. The Bertz CT molecular complexity index is 356. The first kappa shape index (κ1) is 9.24. The quantitative estimate of drug-likeness (QED) is 0.689. The SMILES string of the molecule is CN1c2ccccc2OC1(C)C(F)F. The van der Waals surface area contributed by atoms with Gasteiger partial charge in [-0.15, -0.1) is 0 Å². The summed E-state index contributed by atoms with van der Waals surface area (Å²) in [5.41, 5.74) is -0.834. The van der Waals surface area contributed by atoms with Crippen molar-refractivity contribution in [2.24, 2.45) is 0 Å². The Labute approximate surface area is 81.1 Å². The van der Waals surface area contributed by atoms with Gasteiger partial charge in [0.25, 0.3) is 6.43 Å². The summed E-state index contributed by atoms with van der Waals surface area (Å²) in [6.45, 7) is 1.39. The predicted octanol–water partition coefficient (Wildman–Crippen LogP) is 2.50. The largest absolute Gasteiger partial charge is 0.460 e. The monoisotopic (exact) mass is 199 g/mol. The average molecular weight is 199 g/mol. The molecule has 76 valence electrons. The summed E-state index contributed by atoms with van der Waals surface area (Å²) in [5, 5.41) is 0. The van der Waals surface area contributed by atoms with Crippen molar-refractivity contribution in [2.45, 2.75) is 19.1 Å². The molecule has 0 N–H and O–H groups in total. The van der Waals surface area contributed by atoms with Crippen molar-refractivity contribution in [1.29, 1.82) is 0 Å². The molecule has 2 nitrogen and oxygen atoms in total. The molecule has 1 aromatic carbocycles. The fourth-order valence-corrected chi connectivity index (χ4v) is 1.54. The summed E-state index contributed by atoms with van der Waals surface area (Å²) in [6, 6.07) is 7.03. The molecule has 0 bridgehead atoms. The van der Waals surface area contributed by atoms with E-state index in [1.54, 1.807) is 31.3 Å². The standard InChI is InChI=1S/C10H11F2NO/c1-10(9(11)12)13(2)7-5-3-4-6-8(7)14-10/h3-6,9H,1-2H3. The first-order valence-corrected chi connectivity index (χ1v) is 4.36. The molecule has 1 unspecified atom stereocenters. The van der Waals surface area contributed by atoms with Crippen LogP contribution in [0.1, 0.15) is 6.92 Å². The second kappa shape index (κ2) is 2.83. The number of rotatable bonds is 1. The fraction of sp³-hybridized carbons (Fsp3) is 0.400. The van der Waals surface area contributed by atoms with Gasteiger partial charge in [0.05, 0.1) is 5.69 Å². The number of anilines is 1. The molecule has 1 heterocycles. The molecular formula is C10H11F2NO. The van der Waals surface area contributed by atoms with Crippen LogP contribution in [0.2, 0.25) is 0 Å². The van der Waals surface area contributed by atoms with E-state index < -0.39 is 12.2 Å². The molecule has 1 aliphatic heterocycles. The number of nitrogens with zero attached hydrogens (tertiary/aromatic N) is 1. The van der Waals surface area contributed by atoms with Crippen molar-refractivity contribution >= 4 is 5.69 Å². The van der Waals surface area contributed by atoms with Gasteiger partial charge in [-0.1, -0.05) is 12.1 Å². The van der Waals surface area contributed by atoms with E-state index in [1.807, 2.05) is 0 Å². The van der Waals surface area contributed by atoms with Gasteiger partial charge in [-0.25, -0.2) is 8.78 Å². The summed E-state index contributed by atoms with van der Waals surface area (Å²) in [7, 11) is 1.61. The maximum atomic E-state index is 12.8. The number of fused-ring (bicyclic) bond motifs is 1. The Hall–Kier alpha value is -1.32. The second-order valence-electron chi connectivity index (χ2n) is 3.48. The lowest BCUT2D eigenvalue weighted by Gasteiger charge is -2.31. The van der Waals surface area contributed by atoms with Crippen LogP contribution in [-0.4, -0.2) is 19.2 Å². The summed E-state index contributed by atoms with van der Waals surface area (Å²) in [4.78, 5) is 1.47. The minimum Gasteiger partial charge on any atom is -0.460 e. The molecule has 0 saturated carbocycles. The van der Waals surface area contributed by atoms with Gasteiger partial charge in [0, 0.05) is 14.0 Å². The highest BCUT2D eigenvalue weighted by atomic mass is 19.3. The van der Waals surface area contributed by atoms with Crippen LogP contribution in [0.3, 0.4) is 0 Å². The Balaban J connectivity index is 2.43. The van der Waals surface area contributed by atoms with Gasteiger partial charge in [-0.05, 0) is 12.1 Å². The van der Waals surface area contributed by atoms with Crippen molar-refractivity contribution in [3.8, 4) is 5.75 Å². The van der Waals surface area contributed by atoms with Crippen molar-refractivity contribution in [2.75, 3.05) is 11.9 Å². The highest BCUT2D eigenvalue weighted by Crippen LogP contribution is 2.43. The third-order valence-corrected chi connectivity index (χ3v) is 2.61. The van der Waals surface area contributed by atoms with E-state index in [-0.39, 0.29) is 0 Å². The smallest absolute Gasteiger partial charge is 0.296 e. The molecule has 0 radical (unpaired) electrons. The lowest BCUT2D eigenvalue weighted by atomic mass is 10.2. The maximum Gasteiger partial charge on any atom is 0.296 e. The van der Waals surface area contributed by atoms with E-state index in [4.69, 9.17) is 4.74 Å². The van der Waals surface area contributed by atoms with E-state index in [0.717, 1.165) is 0 Å². The van der Waals surface area contributed by atoms with Crippen LogP contribution in [0.25, 0.3) is 0 Å². The number of benzene rings is 1. The third-order valence-electron chi connectivity index (χ3n) is 2.61. The lowest BCUT2D eigenvalue weighted by Crippen LogP contribution is -2.50. The highest BCUT2D eigenvalue weighted by Gasteiger charge is 2.47. The maximum absolute atomic E-state index is 12.8. The molecule has 0 aromatic heterocycles. The molecule has 0 fully saturated rings. The molecule has 0 aliphatic carbocycles. The highest BCUT2D eigenvalue weighted by molar-refractivity contribution is 5.63. The zero-order valence-corrected chi connectivity index (χ0v) is 8.00. The zero-order valence-electron chi connectivity index (χ0n) is 8.00. The topological polar surface area (TPSA) is 12.5 Å². The second-order valence-corrected chi connectivity index (χ2v) is 3.48. The Morgan fingerprint density at radius 1 is 1.36 bits per heavy atom. The number of hydrogen-bond donors (Lipinski definition) is 0. The summed E-state index contributed by atoms with van der Waals surface area (Å²) < 4.78 is 30.8. The molecule has 0 spiro atoms. The molecule has 1 aliphatic rings. The van der Waals surface area contributed by atoms with Gasteiger partial charge < -0.3 is 9.64 Å². The van der Waals surface area contributed by atoms with Crippen LogP contribution in [-0.2, 0) is 0 Å². The third kappa shape index (κ3) is 1.06. The predicted molar refractivity (Wildman–Crippen MR) is 49.9 cm³/mol. The van der Waals surface area contributed by atoms with E-state index in [0.29, 0.717) is 11.4 Å². The molecule has 14 heavy (non-hydrogen) atoms. The fourth-order valence-electron chi connectivity index (χ4n) is 1.54. The van der Waals surface area contributed by atoms with Crippen LogP contribution < -0.4 is 9.64 Å². The minimum absolute atomic E-state index is 0.512. The summed E-state index contributed by atoms with van der Waals surface area (Å²) in [6.07, 6.45) is -2.54. The molecule has 0 saturated heterocycles. The summed E-state index contributed by atoms with van der Waals surface area (Å²) in [5.74, 6) is 0.512. The Kier molecular flexibility index (Phi) is 1.87. The van der Waals surface area contributed by atoms with Gasteiger partial charge in [0.2, 0.25) is 5.72 Å². The molecule has 2 rings (SSSR count). The number of alkyl halides is 2. The van der Waals surface area contributed by atoms with Crippen LogP contribution >= 0.6 is 0 Å². The van der Waals surface area contributed by atoms with Crippen LogP contribution in [0, 0.1) is 0 Å². The van der Waals surface area contributed by atoms with E-state index in [2.05, 4.69) is 0 Å². The number of ether oxygens (including phenoxy) is 1. The van der Waals surface area contributed by atoms with Crippen molar-refractivity contribution in [1.82, 2.24) is 0 Å². The van der Waals surface area contributed by atoms with Crippen molar-refractivity contribution < 1.29 is 13.5 Å². The zero-order chi connectivity index (χ0) is 10.3. The van der Waals surface area contributed by atoms with Crippen LogP contribution in [0.15, 0.2) is 24.3 Å². The number of halogens is 2.